The van der Waals surface area contributed by atoms with Crippen LogP contribution in [0.15, 0.2) is 18.3 Å². The maximum absolute atomic E-state index is 13.5. The quantitative estimate of drug-likeness (QED) is 0.775. The monoisotopic (exact) mass is 214 g/mol. The Morgan fingerprint density at radius 2 is 2.36 bits per heavy atom. The summed E-state index contributed by atoms with van der Waals surface area (Å²) < 4.78 is 13.5. The number of hydrogen-bond acceptors (Lipinski definition) is 2. The average molecular weight is 215 g/mol. The van der Waals surface area contributed by atoms with Crippen molar-refractivity contribution in [2.45, 2.75) is 18.5 Å². The summed E-state index contributed by atoms with van der Waals surface area (Å²) in [6.07, 6.45) is 1.54. The molecule has 1 aliphatic heterocycles. The number of rotatable bonds is 1. The van der Waals surface area contributed by atoms with Gasteiger partial charge in [0.15, 0.2) is 0 Å². The van der Waals surface area contributed by atoms with Crippen LogP contribution in [0.5, 0.6) is 0 Å². The molecule has 1 aliphatic rings. The Kier molecular flexibility index (Phi) is 2.99. The number of pyridine rings is 1. The summed E-state index contributed by atoms with van der Waals surface area (Å²) in [6.45, 7) is 1.28. The van der Waals surface area contributed by atoms with Crippen molar-refractivity contribution < 1.29 is 4.39 Å². The molecule has 1 aromatic rings. The highest BCUT2D eigenvalue weighted by molar-refractivity contribution is 6.30. The highest BCUT2D eigenvalue weighted by Crippen LogP contribution is 2.26. The van der Waals surface area contributed by atoms with Crippen LogP contribution in [0.25, 0.3) is 0 Å². The van der Waals surface area contributed by atoms with E-state index in [1.54, 1.807) is 12.3 Å². The molecule has 0 amide bonds. The van der Waals surface area contributed by atoms with Gasteiger partial charge in [0.2, 0.25) is 0 Å². The number of alkyl halides is 1. The SMILES string of the molecule is FC1CNCCC1c1ccc(Cl)cn1. The van der Waals surface area contributed by atoms with Crippen molar-refractivity contribution in [2.24, 2.45) is 0 Å². The van der Waals surface area contributed by atoms with Crippen LogP contribution in [-0.4, -0.2) is 24.2 Å². The molecule has 4 heteroatoms. The Balaban J connectivity index is 2.16. The van der Waals surface area contributed by atoms with E-state index in [0.717, 1.165) is 18.7 Å². The van der Waals surface area contributed by atoms with Crippen LogP contribution in [-0.2, 0) is 0 Å². The normalized spacial score (nSPS) is 27.6. The maximum atomic E-state index is 13.5. The summed E-state index contributed by atoms with van der Waals surface area (Å²) in [5.74, 6) is -0.0754. The first-order valence-electron chi connectivity index (χ1n) is 4.73. The molecule has 1 aromatic heterocycles. The van der Waals surface area contributed by atoms with Crippen molar-refractivity contribution in [3.63, 3.8) is 0 Å². The Morgan fingerprint density at radius 3 is 3.00 bits per heavy atom. The summed E-state index contributed by atoms with van der Waals surface area (Å²) in [4.78, 5) is 4.15. The van der Waals surface area contributed by atoms with Crippen molar-refractivity contribution in [3.05, 3.63) is 29.0 Å². The molecule has 0 aromatic carbocycles. The molecular weight excluding hydrogens is 203 g/mol. The van der Waals surface area contributed by atoms with E-state index in [9.17, 15) is 4.39 Å². The van der Waals surface area contributed by atoms with Crippen molar-refractivity contribution in [1.82, 2.24) is 10.3 Å². The van der Waals surface area contributed by atoms with Gasteiger partial charge < -0.3 is 5.32 Å². The van der Waals surface area contributed by atoms with Crippen molar-refractivity contribution in [2.75, 3.05) is 13.1 Å². The number of nitrogens with one attached hydrogen (secondary N) is 1. The first-order chi connectivity index (χ1) is 6.77. The average Bonchev–Trinajstić information content (AvgIpc) is 2.20. The van der Waals surface area contributed by atoms with E-state index in [0.29, 0.717) is 11.6 Å². The second-order valence-electron chi connectivity index (χ2n) is 3.52. The Labute approximate surface area is 87.5 Å². The smallest absolute Gasteiger partial charge is 0.121 e. The molecule has 2 atom stereocenters. The van der Waals surface area contributed by atoms with Crippen LogP contribution in [0.2, 0.25) is 5.02 Å². The lowest BCUT2D eigenvalue weighted by atomic mass is 9.92. The molecular formula is C10H12ClFN2. The van der Waals surface area contributed by atoms with E-state index < -0.39 is 6.17 Å². The summed E-state index contributed by atoms with van der Waals surface area (Å²) in [6, 6.07) is 3.57. The second-order valence-corrected chi connectivity index (χ2v) is 3.95. The van der Waals surface area contributed by atoms with Gasteiger partial charge in [-0.05, 0) is 25.1 Å². The summed E-state index contributed by atoms with van der Waals surface area (Å²) in [7, 11) is 0. The van der Waals surface area contributed by atoms with Gasteiger partial charge in [0.25, 0.3) is 0 Å². The minimum atomic E-state index is -0.836. The van der Waals surface area contributed by atoms with Gasteiger partial charge in [0.05, 0.1) is 5.02 Å². The fourth-order valence-electron chi connectivity index (χ4n) is 1.76. The maximum Gasteiger partial charge on any atom is 0.121 e. The second kappa shape index (κ2) is 4.24. The van der Waals surface area contributed by atoms with Gasteiger partial charge in [-0.1, -0.05) is 11.6 Å². The topological polar surface area (TPSA) is 24.9 Å². The van der Waals surface area contributed by atoms with E-state index in [2.05, 4.69) is 10.3 Å². The lowest BCUT2D eigenvalue weighted by molar-refractivity contribution is 0.228. The zero-order valence-electron chi connectivity index (χ0n) is 7.71. The zero-order chi connectivity index (χ0) is 9.97. The minimum Gasteiger partial charge on any atom is -0.314 e. The van der Waals surface area contributed by atoms with Crippen LogP contribution in [0, 0.1) is 0 Å². The van der Waals surface area contributed by atoms with Crippen molar-refractivity contribution >= 4 is 11.6 Å². The summed E-state index contributed by atoms with van der Waals surface area (Å²) in [5.41, 5.74) is 0.809. The van der Waals surface area contributed by atoms with Crippen LogP contribution < -0.4 is 5.32 Å². The van der Waals surface area contributed by atoms with Crippen LogP contribution in [0.4, 0.5) is 4.39 Å². The molecule has 0 saturated carbocycles. The fourth-order valence-corrected chi connectivity index (χ4v) is 1.87. The number of aromatic nitrogens is 1. The molecule has 2 rings (SSSR count). The van der Waals surface area contributed by atoms with Gasteiger partial charge in [0.1, 0.15) is 6.17 Å². The van der Waals surface area contributed by atoms with E-state index in [1.165, 1.54) is 0 Å². The lowest BCUT2D eigenvalue weighted by Crippen LogP contribution is -2.37. The molecule has 1 N–H and O–H groups in total. The lowest BCUT2D eigenvalue weighted by Gasteiger charge is -2.26. The standard InChI is InChI=1S/C10H12ClFN2/c11-7-1-2-10(14-5-7)8-3-4-13-6-9(8)12/h1-2,5,8-9,13H,3-4,6H2. The number of halogens is 2. The number of piperidine rings is 1. The molecule has 0 bridgehead atoms. The van der Waals surface area contributed by atoms with E-state index in [-0.39, 0.29) is 5.92 Å². The molecule has 0 radical (unpaired) electrons. The fraction of sp³-hybridized carbons (Fsp3) is 0.500. The van der Waals surface area contributed by atoms with Gasteiger partial charge in [-0.25, -0.2) is 4.39 Å². The molecule has 14 heavy (non-hydrogen) atoms. The Morgan fingerprint density at radius 1 is 1.50 bits per heavy atom. The molecule has 1 saturated heterocycles. The first kappa shape index (κ1) is 9.87. The number of hydrogen-bond donors (Lipinski definition) is 1. The first-order valence-corrected chi connectivity index (χ1v) is 5.11. The zero-order valence-corrected chi connectivity index (χ0v) is 8.47. The van der Waals surface area contributed by atoms with E-state index in [1.807, 2.05) is 6.07 Å². The highest BCUT2D eigenvalue weighted by atomic mass is 35.5. The summed E-state index contributed by atoms with van der Waals surface area (Å²) >= 11 is 5.72. The summed E-state index contributed by atoms with van der Waals surface area (Å²) in [5, 5.41) is 3.61. The van der Waals surface area contributed by atoms with Gasteiger partial charge in [0, 0.05) is 24.4 Å². The molecule has 76 valence electrons. The predicted molar refractivity (Wildman–Crippen MR) is 54.4 cm³/mol. The Hall–Kier alpha value is -0.670. The molecule has 2 nitrogen and oxygen atoms in total. The molecule has 0 aliphatic carbocycles. The van der Waals surface area contributed by atoms with Crippen LogP contribution in [0.3, 0.4) is 0 Å². The third kappa shape index (κ3) is 2.04. The predicted octanol–water partition coefficient (Wildman–Crippen LogP) is 2.15. The minimum absolute atomic E-state index is 0.0754. The van der Waals surface area contributed by atoms with Crippen LogP contribution >= 0.6 is 11.6 Å². The van der Waals surface area contributed by atoms with Gasteiger partial charge in [-0.2, -0.15) is 0 Å². The molecule has 0 spiro atoms. The van der Waals surface area contributed by atoms with E-state index in [4.69, 9.17) is 11.6 Å². The van der Waals surface area contributed by atoms with E-state index >= 15 is 0 Å². The third-order valence-electron chi connectivity index (χ3n) is 2.54. The molecule has 1 fully saturated rings. The van der Waals surface area contributed by atoms with Gasteiger partial charge in [-0.15, -0.1) is 0 Å². The Bertz CT molecular complexity index is 301. The van der Waals surface area contributed by atoms with Crippen LogP contribution in [0.1, 0.15) is 18.0 Å². The highest BCUT2D eigenvalue weighted by Gasteiger charge is 2.26. The number of nitrogens with zero attached hydrogens (tertiary/aromatic N) is 1. The third-order valence-corrected chi connectivity index (χ3v) is 2.76. The molecule has 2 heterocycles. The van der Waals surface area contributed by atoms with Crippen molar-refractivity contribution in [1.29, 1.82) is 0 Å². The van der Waals surface area contributed by atoms with Gasteiger partial charge >= 0.3 is 0 Å². The largest absolute Gasteiger partial charge is 0.314 e. The molecule has 2 unspecified atom stereocenters. The van der Waals surface area contributed by atoms with Crippen molar-refractivity contribution in [3.8, 4) is 0 Å². The van der Waals surface area contributed by atoms with Gasteiger partial charge in [-0.3, -0.25) is 4.98 Å².